The van der Waals surface area contributed by atoms with Crippen LogP contribution in [0.3, 0.4) is 0 Å². The summed E-state index contributed by atoms with van der Waals surface area (Å²) in [5.74, 6) is -1.02. The maximum absolute atomic E-state index is 11.7. The highest BCUT2D eigenvalue weighted by Gasteiger charge is 2.35. The van der Waals surface area contributed by atoms with Crippen molar-refractivity contribution in [1.82, 2.24) is 20.0 Å². The predicted octanol–water partition coefficient (Wildman–Crippen LogP) is 1.94. The van der Waals surface area contributed by atoms with Gasteiger partial charge in [-0.1, -0.05) is 25.7 Å². The summed E-state index contributed by atoms with van der Waals surface area (Å²) in [5, 5.41) is 23.0. The van der Waals surface area contributed by atoms with Gasteiger partial charge in [-0.25, -0.2) is 0 Å². The second-order valence-corrected chi connectivity index (χ2v) is 10.4. The maximum atomic E-state index is 11.7. The molecule has 3 N–H and O–H groups in total. The number of nitrogens with one attached hydrogen (secondary N) is 1. The Labute approximate surface area is 193 Å². The van der Waals surface area contributed by atoms with E-state index in [0.717, 1.165) is 64.7 Å². The molecule has 2 aliphatic carbocycles. The number of aliphatic carboxylic acids is 2. The molecule has 0 aromatic heterocycles. The smallest absolute Gasteiger partial charge is 0.317 e. The molecule has 0 bridgehead atoms. The van der Waals surface area contributed by atoms with Crippen LogP contribution in [0.1, 0.15) is 64.7 Å². The largest absolute Gasteiger partial charge is 0.480 e. The van der Waals surface area contributed by atoms with Crippen molar-refractivity contribution in [3.8, 4) is 0 Å². The van der Waals surface area contributed by atoms with Gasteiger partial charge in [0.25, 0.3) is 0 Å². The third-order valence-electron chi connectivity index (χ3n) is 7.88. The van der Waals surface area contributed by atoms with Gasteiger partial charge in [-0.2, -0.15) is 0 Å². The van der Waals surface area contributed by atoms with Crippen LogP contribution in [0.15, 0.2) is 0 Å². The van der Waals surface area contributed by atoms with Crippen molar-refractivity contribution in [3.63, 3.8) is 0 Å². The molecule has 2 saturated carbocycles. The fourth-order valence-corrected chi connectivity index (χ4v) is 6.30. The molecule has 8 heteroatoms. The van der Waals surface area contributed by atoms with Gasteiger partial charge in [-0.15, -0.1) is 0 Å². The molecule has 0 amide bonds. The zero-order valence-corrected chi connectivity index (χ0v) is 20.0. The van der Waals surface area contributed by atoms with Crippen LogP contribution in [-0.4, -0.2) is 107 Å². The first-order valence-corrected chi connectivity index (χ1v) is 12.7. The number of likely N-dealkylation sites (N-methyl/N-ethyl adjacent to an activating group) is 1. The fourth-order valence-electron chi connectivity index (χ4n) is 6.30. The van der Waals surface area contributed by atoms with Crippen molar-refractivity contribution in [2.75, 3.05) is 46.3 Å². The van der Waals surface area contributed by atoms with Gasteiger partial charge in [0.05, 0.1) is 13.1 Å². The molecule has 5 atom stereocenters. The van der Waals surface area contributed by atoms with E-state index in [9.17, 15) is 19.8 Å². The molecule has 8 nitrogen and oxygen atoms in total. The van der Waals surface area contributed by atoms with Crippen LogP contribution in [0.5, 0.6) is 0 Å². The number of carboxylic acids is 2. The van der Waals surface area contributed by atoms with Crippen LogP contribution < -0.4 is 5.32 Å². The number of rotatable bonds is 4. The summed E-state index contributed by atoms with van der Waals surface area (Å²) in [6, 6.07) is 1.13. The van der Waals surface area contributed by atoms with E-state index < -0.39 is 11.9 Å². The van der Waals surface area contributed by atoms with Crippen molar-refractivity contribution < 1.29 is 19.8 Å². The summed E-state index contributed by atoms with van der Waals surface area (Å²) in [6.45, 7) is 5.76. The molecule has 0 aromatic carbocycles. The minimum Gasteiger partial charge on any atom is -0.480 e. The first-order valence-electron chi connectivity index (χ1n) is 12.7. The Bertz CT molecular complexity index is 567. The second-order valence-electron chi connectivity index (χ2n) is 10.4. The van der Waals surface area contributed by atoms with Crippen LogP contribution in [0, 0.1) is 5.92 Å². The van der Waals surface area contributed by atoms with Gasteiger partial charge in [0.1, 0.15) is 0 Å². The summed E-state index contributed by atoms with van der Waals surface area (Å²) < 4.78 is 0. The topological polar surface area (TPSA) is 96.4 Å². The van der Waals surface area contributed by atoms with E-state index in [4.69, 9.17) is 0 Å². The average Bonchev–Trinajstić information content (AvgIpc) is 2.74. The van der Waals surface area contributed by atoms with E-state index >= 15 is 0 Å². The summed E-state index contributed by atoms with van der Waals surface area (Å²) in [4.78, 5) is 30.1. The predicted molar refractivity (Wildman–Crippen MR) is 125 cm³/mol. The number of carbonyl (C=O) groups is 2. The number of fused-ring (bicyclic) bond motifs is 2. The molecule has 3 aliphatic rings. The summed E-state index contributed by atoms with van der Waals surface area (Å²) in [5.41, 5.74) is 0. The van der Waals surface area contributed by atoms with Gasteiger partial charge >= 0.3 is 11.9 Å². The van der Waals surface area contributed by atoms with Crippen LogP contribution >= 0.6 is 0 Å². The third-order valence-corrected chi connectivity index (χ3v) is 7.88. The molecule has 184 valence electrons. The Morgan fingerprint density at radius 1 is 0.812 bits per heavy atom. The van der Waals surface area contributed by atoms with Gasteiger partial charge in [-0.3, -0.25) is 19.4 Å². The van der Waals surface area contributed by atoms with Gasteiger partial charge in [0.15, 0.2) is 0 Å². The summed E-state index contributed by atoms with van der Waals surface area (Å²) >= 11 is 0. The average molecular weight is 453 g/mol. The first kappa shape index (κ1) is 25.4. The molecule has 1 aliphatic heterocycles. The van der Waals surface area contributed by atoms with E-state index in [0.29, 0.717) is 18.0 Å². The molecule has 3 fully saturated rings. The van der Waals surface area contributed by atoms with E-state index in [1.165, 1.54) is 19.3 Å². The summed E-state index contributed by atoms with van der Waals surface area (Å²) in [6.07, 6.45) is 9.95. The Kier molecular flexibility index (Phi) is 9.77. The number of carboxylic acid groups (broad SMARTS) is 2. The highest BCUT2D eigenvalue weighted by Crippen LogP contribution is 2.30. The van der Waals surface area contributed by atoms with Crippen LogP contribution in [0.25, 0.3) is 0 Å². The molecule has 3 rings (SSSR count). The molecule has 32 heavy (non-hydrogen) atoms. The number of hydrogen-bond acceptors (Lipinski definition) is 6. The first-order chi connectivity index (χ1) is 15.3. The van der Waals surface area contributed by atoms with E-state index in [-0.39, 0.29) is 25.2 Å². The molecule has 0 aromatic rings. The highest BCUT2D eigenvalue weighted by atomic mass is 16.4. The molecular weight excluding hydrogens is 408 g/mol. The summed E-state index contributed by atoms with van der Waals surface area (Å²) in [7, 11) is 2.14. The third kappa shape index (κ3) is 7.40. The lowest BCUT2D eigenvalue weighted by Crippen LogP contribution is -2.57. The standard InChI is InChI=1S/C24H44N4O4/c1-18-11-12-27(16-23(29)30)21-9-5-3-7-19(21)15-26(2)13-14-28(17-24(31)32)22-10-6-4-8-20(22)25-18/h18-22,25H,3-17H2,1-2H3,(H,29,30)(H,31,32). The molecule has 1 saturated heterocycles. The minimum atomic E-state index is -0.747. The van der Waals surface area contributed by atoms with Gasteiger partial charge in [0.2, 0.25) is 0 Å². The second kappa shape index (κ2) is 12.3. The zero-order chi connectivity index (χ0) is 23.1. The molecule has 0 spiro atoms. The lowest BCUT2D eigenvalue weighted by molar-refractivity contribution is -0.140. The van der Waals surface area contributed by atoms with Gasteiger partial charge in [0, 0.05) is 50.3 Å². The van der Waals surface area contributed by atoms with Crippen LogP contribution in [0.2, 0.25) is 0 Å². The van der Waals surface area contributed by atoms with Crippen molar-refractivity contribution in [2.45, 2.75) is 88.9 Å². The Morgan fingerprint density at radius 2 is 1.41 bits per heavy atom. The minimum absolute atomic E-state index is 0.101. The quantitative estimate of drug-likeness (QED) is 0.596. The Balaban J connectivity index is 1.80. The van der Waals surface area contributed by atoms with Gasteiger partial charge in [-0.05, 0) is 52.0 Å². The number of hydrogen-bond donors (Lipinski definition) is 3. The fraction of sp³-hybridized carbons (Fsp3) is 0.917. The Hall–Kier alpha value is -1.22. The van der Waals surface area contributed by atoms with Crippen LogP contribution in [0.4, 0.5) is 0 Å². The normalized spacial score (nSPS) is 34.8. The molecular formula is C24H44N4O4. The molecule has 1 heterocycles. The van der Waals surface area contributed by atoms with Crippen LogP contribution in [-0.2, 0) is 9.59 Å². The van der Waals surface area contributed by atoms with Crippen molar-refractivity contribution >= 4 is 11.9 Å². The van der Waals surface area contributed by atoms with E-state index in [1.54, 1.807) is 0 Å². The lowest BCUT2D eigenvalue weighted by Gasteiger charge is -2.44. The van der Waals surface area contributed by atoms with Crippen molar-refractivity contribution in [2.24, 2.45) is 5.92 Å². The SMILES string of the molecule is CC1CCN(CC(=O)O)C2CCCCC2CN(C)CCN(CC(=O)O)C2CCCCC2N1. The Morgan fingerprint density at radius 3 is 2.09 bits per heavy atom. The zero-order valence-electron chi connectivity index (χ0n) is 20.0. The van der Waals surface area contributed by atoms with E-state index in [1.807, 2.05) is 0 Å². The van der Waals surface area contributed by atoms with Crippen molar-refractivity contribution in [1.29, 1.82) is 0 Å². The number of nitrogens with zero attached hydrogens (tertiary/aromatic N) is 3. The van der Waals surface area contributed by atoms with Gasteiger partial charge < -0.3 is 20.4 Å². The monoisotopic (exact) mass is 452 g/mol. The van der Waals surface area contributed by atoms with E-state index in [2.05, 4.69) is 34.0 Å². The lowest BCUT2D eigenvalue weighted by atomic mass is 9.82. The molecule has 5 unspecified atom stereocenters. The van der Waals surface area contributed by atoms with Crippen molar-refractivity contribution in [3.05, 3.63) is 0 Å². The molecule has 0 radical (unpaired) electrons. The highest BCUT2D eigenvalue weighted by molar-refractivity contribution is 5.69. The maximum Gasteiger partial charge on any atom is 0.317 e.